The van der Waals surface area contributed by atoms with E-state index in [2.05, 4.69) is 5.32 Å². The lowest BCUT2D eigenvalue weighted by molar-refractivity contribution is -0.116. The highest BCUT2D eigenvalue weighted by Gasteiger charge is 2.20. The van der Waals surface area contributed by atoms with Gasteiger partial charge in [0.2, 0.25) is 15.9 Å². The van der Waals surface area contributed by atoms with Crippen LogP contribution in [0.4, 0.5) is 10.1 Å². The maximum absolute atomic E-state index is 13.6. The number of halogens is 1. The predicted molar refractivity (Wildman–Crippen MR) is 98.1 cm³/mol. The standard InChI is InChI=1S/C18H21FN2O4S/c1-25-15-7-5-6-14(12-15)10-11-21(26(2,23)24)13-18(22)20-17-9-4-3-8-16(17)19/h3-9,12H,10-11,13H2,1-2H3,(H,20,22). The highest BCUT2D eigenvalue weighted by Crippen LogP contribution is 2.15. The second-order valence-corrected chi connectivity index (χ2v) is 7.71. The van der Waals surface area contributed by atoms with Crippen molar-refractivity contribution in [1.29, 1.82) is 0 Å². The molecule has 2 rings (SSSR count). The summed E-state index contributed by atoms with van der Waals surface area (Å²) in [4.78, 5) is 12.1. The number of hydrogen-bond acceptors (Lipinski definition) is 4. The zero-order valence-electron chi connectivity index (χ0n) is 14.6. The summed E-state index contributed by atoms with van der Waals surface area (Å²) in [7, 11) is -2.05. The highest BCUT2D eigenvalue weighted by atomic mass is 32.2. The smallest absolute Gasteiger partial charge is 0.239 e. The molecule has 2 aromatic rings. The minimum atomic E-state index is -3.60. The summed E-state index contributed by atoms with van der Waals surface area (Å²) in [5, 5.41) is 2.39. The first-order valence-electron chi connectivity index (χ1n) is 7.92. The maximum Gasteiger partial charge on any atom is 0.239 e. The van der Waals surface area contributed by atoms with Gasteiger partial charge in [0.1, 0.15) is 11.6 Å². The number of ether oxygens (including phenoxy) is 1. The van der Waals surface area contributed by atoms with E-state index in [0.717, 1.165) is 16.1 Å². The van der Waals surface area contributed by atoms with Crippen LogP contribution < -0.4 is 10.1 Å². The number of carbonyl (C=O) groups excluding carboxylic acids is 1. The van der Waals surface area contributed by atoms with Gasteiger partial charge in [-0.05, 0) is 36.2 Å². The first-order valence-corrected chi connectivity index (χ1v) is 9.77. The molecule has 2 aromatic carbocycles. The van der Waals surface area contributed by atoms with Gasteiger partial charge in [0.15, 0.2) is 0 Å². The molecule has 1 amide bonds. The zero-order valence-corrected chi connectivity index (χ0v) is 15.4. The van der Waals surface area contributed by atoms with Gasteiger partial charge in [-0.1, -0.05) is 24.3 Å². The van der Waals surface area contributed by atoms with Gasteiger partial charge in [-0.2, -0.15) is 4.31 Å². The normalized spacial score (nSPS) is 11.4. The van der Waals surface area contributed by atoms with Crippen LogP contribution in [0.1, 0.15) is 5.56 Å². The number of nitrogens with one attached hydrogen (secondary N) is 1. The molecule has 0 heterocycles. The van der Waals surface area contributed by atoms with Crippen molar-refractivity contribution in [3.05, 3.63) is 59.9 Å². The van der Waals surface area contributed by atoms with Gasteiger partial charge in [-0.15, -0.1) is 0 Å². The number of amides is 1. The molecule has 0 aliphatic rings. The molecule has 0 saturated heterocycles. The topological polar surface area (TPSA) is 75.7 Å². The number of nitrogens with zero attached hydrogens (tertiary/aromatic N) is 1. The molecule has 0 radical (unpaired) electrons. The third-order valence-electron chi connectivity index (χ3n) is 3.72. The van der Waals surface area contributed by atoms with E-state index >= 15 is 0 Å². The molecule has 140 valence electrons. The SMILES string of the molecule is COc1cccc(CCN(CC(=O)Nc2ccccc2F)S(C)(=O)=O)c1. The number of sulfonamides is 1. The molecule has 0 spiro atoms. The van der Waals surface area contributed by atoms with Gasteiger partial charge in [0.05, 0.1) is 25.6 Å². The van der Waals surface area contributed by atoms with Crippen LogP contribution >= 0.6 is 0 Å². The van der Waals surface area contributed by atoms with Crippen LogP contribution in [0.15, 0.2) is 48.5 Å². The monoisotopic (exact) mass is 380 g/mol. The second-order valence-electron chi connectivity index (χ2n) is 5.73. The molecule has 0 bridgehead atoms. The fraction of sp³-hybridized carbons (Fsp3) is 0.278. The molecule has 0 unspecified atom stereocenters. The van der Waals surface area contributed by atoms with Crippen molar-refractivity contribution < 1.29 is 22.3 Å². The van der Waals surface area contributed by atoms with Crippen molar-refractivity contribution in [1.82, 2.24) is 4.31 Å². The Balaban J connectivity index is 2.03. The Morgan fingerprint density at radius 1 is 1.19 bits per heavy atom. The van der Waals surface area contributed by atoms with Crippen LogP contribution in [0.2, 0.25) is 0 Å². The second kappa shape index (κ2) is 8.77. The van der Waals surface area contributed by atoms with Crippen LogP contribution in [0.3, 0.4) is 0 Å². The van der Waals surface area contributed by atoms with Crippen LogP contribution in [0.5, 0.6) is 5.75 Å². The first kappa shape index (κ1) is 19.9. The third-order valence-corrected chi connectivity index (χ3v) is 4.97. The molecule has 0 aliphatic heterocycles. The molecule has 0 saturated carbocycles. The van der Waals surface area contributed by atoms with Crippen molar-refractivity contribution in [3.63, 3.8) is 0 Å². The van der Waals surface area contributed by atoms with Gasteiger partial charge in [0.25, 0.3) is 0 Å². The molecule has 0 aromatic heterocycles. The lowest BCUT2D eigenvalue weighted by Crippen LogP contribution is -2.38. The fourth-order valence-corrected chi connectivity index (χ4v) is 3.13. The third kappa shape index (κ3) is 5.82. The maximum atomic E-state index is 13.6. The molecule has 0 fully saturated rings. The van der Waals surface area contributed by atoms with E-state index in [9.17, 15) is 17.6 Å². The first-order chi connectivity index (χ1) is 12.3. The van der Waals surface area contributed by atoms with E-state index < -0.39 is 28.3 Å². The number of methoxy groups -OCH3 is 1. The predicted octanol–water partition coefficient (Wildman–Crippen LogP) is 2.28. The minimum absolute atomic E-state index is 0.0127. The van der Waals surface area contributed by atoms with Gasteiger partial charge in [-0.3, -0.25) is 4.79 Å². The Morgan fingerprint density at radius 3 is 2.58 bits per heavy atom. The average molecular weight is 380 g/mol. The van der Waals surface area contributed by atoms with Crippen molar-refractivity contribution in [2.24, 2.45) is 0 Å². The molecule has 0 atom stereocenters. The Hall–Kier alpha value is -2.45. The van der Waals surface area contributed by atoms with E-state index in [1.165, 1.54) is 18.2 Å². The summed E-state index contributed by atoms with van der Waals surface area (Å²) < 4.78 is 43.8. The van der Waals surface area contributed by atoms with Crippen molar-refractivity contribution in [2.75, 3.05) is 31.8 Å². The van der Waals surface area contributed by atoms with Crippen LogP contribution in [0.25, 0.3) is 0 Å². The fourth-order valence-electron chi connectivity index (χ4n) is 2.36. The Labute approximate surface area is 152 Å². The van der Waals surface area contributed by atoms with Crippen LogP contribution in [-0.2, 0) is 21.2 Å². The van der Waals surface area contributed by atoms with Gasteiger partial charge in [0, 0.05) is 6.54 Å². The van der Waals surface area contributed by atoms with Crippen LogP contribution in [-0.4, -0.2) is 45.1 Å². The number of carbonyl (C=O) groups is 1. The Morgan fingerprint density at radius 2 is 1.92 bits per heavy atom. The van der Waals surface area contributed by atoms with Gasteiger partial charge >= 0.3 is 0 Å². The molecular formula is C18H21FN2O4S. The molecule has 0 aliphatic carbocycles. The molecule has 8 heteroatoms. The van der Waals surface area contributed by atoms with E-state index in [1.807, 2.05) is 12.1 Å². The summed E-state index contributed by atoms with van der Waals surface area (Å²) in [6.07, 6.45) is 1.45. The Kier molecular flexibility index (Phi) is 6.70. The van der Waals surface area contributed by atoms with E-state index in [4.69, 9.17) is 4.74 Å². The van der Waals surface area contributed by atoms with Crippen molar-refractivity contribution in [2.45, 2.75) is 6.42 Å². The summed E-state index contributed by atoms with van der Waals surface area (Å²) in [5.74, 6) is -0.514. The lowest BCUT2D eigenvalue weighted by Gasteiger charge is -2.19. The van der Waals surface area contributed by atoms with E-state index in [-0.39, 0.29) is 12.2 Å². The summed E-state index contributed by atoms with van der Waals surface area (Å²) in [5.41, 5.74) is 0.895. The zero-order chi connectivity index (χ0) is 19.2. The summed E-state index contributed by atoms with van der Waals surface area (Å²) >= 11 is 0. The quantitative estimate of drug-likeness (QED) is 0.762. The van der Waals surface area contributed by atoms with Crippen molar-refractivity contribution >= 4 is 21.6 Å². The molecule has 6 nitrogen and oxygen atoms in total. The minimum Gasteiger partial charge on any atom is -0.497 e. The van der Waals surface area contributed by atoms with Crippen molar-refractivity contribution in [3.8, 4) is 5.75 Å². The highest BCUT2D eigenvalue weighted by molar-refractivity contribution is 7.88. The van der Waals surface area contributed by atoms with Gasteiger partial charge < -0.3 is 10.1 Å². The van der Waals surface area contributed by atoms with E-state index in [1.54, 1.807) is 25.3 Å². The summed E-state index contributed by atoms with van der Waals surface area (Å²) in [6, 6.07) is 13.0. The van der Waals surface area contributed by atoms with Gasteiger partial charge in [-0.25, -0.2) is 12.8 Å². The molecule has 26 heavy (non-hydrogen) atoms. The number of para-hydroxylation sites is 1. The number of hydrogen-bond donors (Lipinski definition) is 1. The molecular weight excluding hydrogens is 359 g/mol. The van der Waals surface area contributed by atoms with E-state index in [0.29, 0.717) is 12.2 Å². The number of rotatable bonds is 8. The lowest BCUT2D eigenvalue weighted by atomic mass is 10.1. The number of benzene rings is 2. The largest absolute Gasteiger partial charge is 0.497 e. The molecule has 1 N–H and O–H groups in total. The van der Waals surface area contributed by atoms with Crippen LogP contribution in [0, 0.1) is 5.82 Å². The number of anilines is 1. The summed E-state index contributed by atoms with van der Waals surface area (Å²) in [6.45, 7) is -0.270. The Bertz CT molecular complexity index is 871. The average Bonchev–Trinajstić information content (AvgIpc) is 2.60.